The summed E-state index contributed by atoms with van der Waals surface area (Å²) < 4.78 is 28.3. The summed E-state index contributed by atoms with van der Waals surface area (Å²) in [5.74, 6) is -1.06. The van der Waals surface area contributed by atoms with Crippen LogP contribution in [0.2, 0.25) is 0 Å². The number of hydrogen-bond donors (Lipinski definition) is 2. The highest BCUT2D eigenvalue weighted by atomic mass is 19.1. The van der Waals surface area contributed by atoms with Crippen LogP contribution in [0.25, 0.3) is 17.1 Å². The van der Waals surface area contributed by atoms with Crippen LogP contribution in [0.1, 0.15) is 0 Å². The monoisotopic (exact) mass is 288 g/mol. The van der Waals surface area contributed by atoms with Crippen LogP contribution in [0.4, 0.5) is 20.2 Å². The van der Waals surface area contributed by atoms with Gasteiger partial charge >= 0.3 is 0 Å². The molecule has 1 heterocycles. The maximum Gasteiger partial charge on any atom is 0.189 e. The van der Waals surface area contributed by atoms with Crippen molar-refractivity contribution in [2.24, 2.45) is 0 Å². The molecular weight excluding hydrogens is 278 g/mol. The van der Waals surface area contributed by atoms with Crippen molar-refractivity contribution in [2.75, 3.05) is 11.5 Å². The third-order valence-corrected chi connectivity index (χ3v) is 2.92. The standard InChI is InChI=1S/C13H10F2N6/c14-7-1-4-10(15)12(5-7)21-13(18-19-20-21)9-3-2-8(16)6-11(9)17/h1-6H,16-17H2. The van der Waals surface area contributed by atoms with E-state index in [9.17, 15) is 8.78 Å². The molecule has 0 aliphatic carbocycles. The first-order valence-corrected chi connectivity index (χ1v) is 5.95. The van der Waals surface area contributed by atoms with Crippen molar-refractivity contribution in [2.45, 2.75) is 0 Å². The summed E-state index contributed by atoms with van der Waals surface area (Å²) in [4.78, 5) is 0. The van der Waals surface area contributed by atoms with Gasteiger partial charge in [0.05, 0.1) is 0 Å². The molecule has 2 aromatic carbocycles. The normalized spacial score (nSPS) is 10.8. The molecule has 0 fully saturated rings. The summed E-state index contributed by atoms with van der Waals surface area (Å²) in [5.41, 5.74) is 12.7. The highest BCUT2D eigenvalue weighted by Crippen LogP contribution is 2.27. The van der Waals surface area contributed by atoms with Gasteiger partial charge in [0, 0.05) is 23.0 Å². The lowest BCUT2D eigenvalue weighted by Gasteiger charge is -2.08. The molecule has 0 aliphatic rings. The van der Waals surface area contributed by atoms with Gasteiger partial charge in [0.2, 0.25) is 0 Å². The summed E-state index contributed by atoms with van der Waals surface area (Å²) in [5, 5.41) is 11.0. The van der Waals surface area contributed by atoms with Gasteiger partial charge in [-0.1, -0.05) is 0 Å². The van der Waals surface area contributed by atoms with Crippen LogP contribution in [0.5, 0.6) is 0 Å². The molecule has 0 bridgehead atoms. The Bertz CT molecular complexity index is 814. The number of nitrogens with zero attached hydrogens (tertiary/aromatic N) is 4. The van der Waals surface area contributed by atoms with E-state index in [1.54, 1.807) is 12.1 Å². The minimum absolute atomic E-state index is 0.105. The van der Waals surface area contributed by atoms with Crippen molar-refractivity contribution in [3.63, 3.8) is 0 Å². The molecule has 0 radical (unpaired) electrons. The minimum Gasteiger partial charge on any atom is -0.399 e. The molecule has 0 saturated carbocycles. The van der Waals surface area contributed by atoms with Crippen molar-refractivity contribution >= 4 is 11.4 Å². The second-order valence-electron chi connectivity index (χ2n) is 4.36. The van der Waals surface area contributed by atoms with Crippen LogP contribution in [0.15, 0.2) is 36.4 Å². The van der Waals surface area contributed by atoms with E-state index in [1.165, 1.54) is 6.07 Å². The van der Waals surface area contributed by atoms with Crippen LogP contribution < -0.4 is 11.5 Å². The van der Waals surface area contributed by atoms with E-state index >= 15 is 0 Å². The smallest absolute Gasteiger partial charge is 0.189 e. The maximum absolute atomic E-state index is 13.9. The molecule has 0 spiro atoms. The van der Waals surface area contributed by atoms with E-state index < -0.39 is 11.6 Å². The maximum atomic E-state index is 13.9. The van der Waals surface area contributed by atoms with Crippen molar-refractivity contribution in [3.05, 3.63) is 48.0 Å². The lowest BCUT2D eigenvalue weighted by molar-refractivity contribution is 0.584. The highest BCUT2D eigenvalue weighted by Gasteiger charge is 2.16. The van der Waals surface area contributed by atoms with Gasteiger partial charge in [0.25, 0.3) is 0 Å². The van der Waals surface area contributed by atoms with Gasteiger partial charge in [0.15, 0.2) is 5.82 Å². The topological polar surface area (TPSA) is 95.6 Å². The Kier molecular flexibility index (Phi) is 2.98. The Labute approximate surface area is 118 Å². The first-order chi connectivity index (χ1) is 10.1. The Balaban J connectivity index is 2.19. The van der Waals surface area contributed by atoms with E-state index in [4.69, 9.17) is 11.5 Å². The number of benzene rings is 2. The van der Waals surface area contributed by atoms with E-state index in [1.807, 2.05) is 0 Å². The van der Waals surface area contributed by atoms with Crippen LogP contribution in [0.3, 0.4) is 0 Å². The molecule has 3 aromatic rings. The third-order valence-electron chi connectivity index (χ3n) is 2.92. The molecule has 106 valence electrons. The van der Waals surface area contributed by atoms with Gasteiger partial charge in [-0.15, -0.1) is 5.10 Å². The molecule has 21 heavy (non-hydrogen) atoms. The fourth-order valence-corrected chi connectivity index (χ4v) is 1.95. The van der Waals surface area contributed by atoms with Gasteiger partial charge in [0.1, 0.15) is 17.3 Å². The van der Waals surface area contributed by atoms with Crippen molar-refractivity contribution in [1.82, 2.24) is 20.2 Å². The van der Waals surface area contributed by atoms with Crippen LogP contribution in [0, 0.1) is 11.6 Å². The quantitative estimate of drug-likeness (QED) is 0.701. The first-order valence-electron chi connectivity index (χ1n) is 5.95. The summed E-state index contributed by atoms with van der Waals surface area (Å²) in [6.45, 7) is 0. The largest absolute Gasteiger partial charge is 0.399 e. The van der Waals surface area contributed by atoms with Crippen LogP contribution in [-0.4, -0.2) is 20.2 Å². The van der Waals surface area contributed by atoms with Gasteiger partial charge in [-0.25, -0.2) is 8.78 Å². The van der Waals surface area contributed by atoms with Gasteiger partial charge in [-0.05, 0) is 40.8 Å². The zero-order valence-corrected chi connectivity index (χ0v) is 10.7. The second-order valence-corrected chi connectivity index (χ2v) is 4.36. The average Bonchev–Trinajstić information content (AvgIpc) is 2.90. The first kappa shape index (κ1) is 13.0. The molecule has 0 unspecified atom stereocenters. The fourth-order valence-electron chi connectivity index (χ4n) is 1.95. The lowest BCUT2D eigenvalue weighted by atomic mass is 10.1. The third kappa shape index (κ3) is 2.27. The van der Waals surface area contributed by atoms with E-state index in [-0.39, 0.29) is 11.5 Å². The van der Waals surface area contributed by atoms with Crippen molar-refractivity contribution < 1.29 is 8.78 Å². The number of aromatic nitrogens is 4. The molecule has 0 amide bonds. The summed E-state index contributed by atoms with van der Waals surface area (Å²) in [7, 11) is 0. The predicted molar refractivity (Wildman–Crippen MR) is 73.3 cm³/mol. The van der Waals surface area contributed by atoms with Crippen molar-refractivity contribution in [1.29, 1.82) is 0 Å². The van der Waals surface area contributed by atoms with E-state index in [0.717, 1.165) is 22.9 Å². The molecule has 1 aromatic heterocycles. The Morgan fingerprint density at radius 3 is 2.57 bits per heavy atom. The van der Waals surface area contributed by atoms with Gasteiger partial charge in [-0.3, -0.25) is 0 Å². The molecule has 0 saturated heterocycles. The number of tetrazole rings is 1. The van der Waals surface area contributed by atoms with E-state index in [2.05, 4.69) is 15.5 Å². The molecule has 0 atom stereocenters. The summed E-state index contributed by atoms with van der Waals surface area (Å²) >= 11 is 0. The molecule has 8 heteroatoms. The zero-order valence-electron chi connectivity index (χ0n) is 10.7. The number of nitrogens with two attached hydrogens (primary N) is 2. The zero-order chi connectivity index (χ0) is 15.0. The van der Waals surface area contributed by atoms with E-state index in [0.29, 0.717) is 16.9 Å². The van der Waals surface area contributed by atoms with Crippen molar-refractivity contribution in [3.8, 4) is 17.1 Å². The Hall–Kier alpha value is -3.03. The van der Waals surface area contributed by atoms with Gasteiger partial charge in [-0.2, -0.15) is 4.68 Å². The fraction of sp³-hybridized carbons (Fsp3) is 0. The SMILES string of the molecule is Nc1ccc(-c2nnnn2-c2cc(F)ccc2F)c(N)c1. The highest BCUT2D eigenvalue weighted by molar-refractivity contribution is 5.75. The number of hydrogen-bond acceptors (Lipinski definition) is 5. The Morgan fingerprint density at radius 2 is 1.81 bits per heavy atom. The second kappa shape index (κ2) is 4.82. The summed E-state index contributed by atoms with van der Waals surface area (Å²) in [6.07, 6.45) is 0. The van der Waals surface area contributed by atoms with Crippen LogP contribution >= 0.6 is 0 Å². The minimum atomic E-state index is -0.654. The molecule has 0 aliphatic heterocycles. The predicted octanol–water partition coefficient (Wildman–Crippen LogP) is 1.77. The molecule has 4 N–H and O–H groups in total. The summed E-state index contributed by atoms with van der Waals surface area (Å²) in [6, 6.07) is 7.79. The molecular formula is C13H10F2N6. The molecule has 6 nitrogen and oxygen atoms in total. The average molecular weight is 288 g/mol. The Morgan fingerprint density at radius 1 is 1.00 bits per heavy atom. The lowest BCUT2D eigenvalue weighted by Crippen LogP contribution is -2.05. The number of rotatable bonds is 2. The number of nitrogen functional groups attached to an aromatic ring is 2. The number of anilines is 2. The van der Waals surface area contributed by atoms with Crippen LogP contribution in [-0.2, 0) is 0 Å². The number of halogens is 2. The van der Waals surface area contributed by atoms with Gasteiger partial charge < -0.3 is 11.5 Å². The molecule has 3 rings (SSSR count).